The van der Waals surface area contributed by atoms with Crippen LogP contribution in [0, 0.1) is 5.92 Å². The molecular weight excluding hydrogens is 458 g/mol. The number of amides is 1. The van der Waals surface area contributed by atoms with Gasteiger partial charge in [0, 0.05) is 31.2 Å². The zero-order chi connectivity index (χ0) is 25.4. The van der Waals surface area contributed by atoms with E-state index in [1.54, 1.807) is 12.1 Å². The summed E-state index contributed by atoms with van der Waals surface area (Å²) in [7, 11) is 0. The molecule has 3 rings (SSSR count). The fraction of sp³-hybridized carbons (Fsp3) is 0.615. The van der Waals surface area contributed by atoms with Gasteiger partial charge in [0.1, 0.15) is 0 Å². The number of nitrogens with zero attached hydrogens (tertiary/aromatic N) is 3. The molecule has 198 valence electrons. The minimum atomic E-state index is -0.0982. The average Bonchev–Trinajstić information content (AvgIpc) is 2.89. The summed E-state index contributed by atoms with van der Waals surface area (Å²) in [5.74, 6) is 2.26. The number of ether oxygens (including phenoxy) is 2. The molecule has 0 radical (unpaired) electrons. The lowest BCUT2D eigenvalue weighted by Gasteiger charge is -2.22. The van der Waals surface area contributed by atoms with Crippen molar-refractivity contribution >= 4 is 23.8 Å². The monoisotopic (exact) mass is 499 g/mol. The molecule has 10 nitrogen and oxygen atoms in total. The highest BCUT2D eigenvalue weighted by molar-refractivity contribution is 5.94. The third-order valence-electron chi connectivity index (χ3n) is 5.80. The van der Waals surface area contributed by atoms with Crippen molar-refractivity contribution < 1.29 is 14.3 Å². The van der Waals surface area contributed by atoms with Crippen molar-refractivity contribution in [1.29, 1.82) is 0 Å². The van der Waals surface area contributed by atoms with Crippen LogP contribution in [0.2, 0.25) is 0 Å². The van der Waals surface area contributed by atoms with E-state index in [4.69, 9.17) is 9.47 Å². The van der Waals surface area contributed by atoms with Crippen molar-refractivity contribution in [2.75, 3.05) is 62.0 Å². The molecule has 0 saturated heterocycles. The first-order valence-electron chi connectivity index (χ1n) is 13.1. The van der Waals surface area contributed by atoms with E-state index in [1.807, 2.05) is 18.2 Å². The van der Waals surface area contributed by atoms with E-state index in [0.717, 1.165) is 6.54 Å². The number of aromatic nitrogens is 3. The van der Waals surface area contributed by atoms with Gasteiger partial charge in [0.15, 0.2) is 0 Å². The lowest BCUT2D eigenvalue weighted by atomic mass is 9.89. The highest BCUT2D eigenvalue weighted by atomic mass is 16.5. The number of anilines is 3. The van der Waals surface area contributed by atoms with Crippen LogP contribution >= 0.6 is 0 Å². The van der Waals surface area contributed by atoms with E-state index in [2.05, 4.69) is 50.1 Å². The second-order valence-corrected chi connectivity index (χ2v) is 9.26. The first-order chi connectivity index (χ1) is 17.6. The second kappa shape index (κ2) is 15.9. The first kappa shape index (κ1) is 27.6. The van der Waals surface area contributed by atoms with Gasteiger partial charge in [-0.1, -0.05) is 37.5 Å². The maximum atomic E-state index is 12.0. The van der Waals surface area contributed by atoms with Crippen LogP contribution in [0.15, 0.2) is 30.3 Å². The minimum absolute atomic E-state index is 0.0982. The summed E-state index contributed by atoms with van der Waals surface area (Å²) in [5.41, 5.74) is 0.644. The lowest BCUT2D eigenvalue weighted by Crippen LogP contribution is -2.27. The third kappa shape index (κ3) is 10.7. The van der Waals surface area contributed by atoms with Gasteiger partial charge in [-0.25, -0.2) is 0 Å². The highest BCUT2D eigenvalue weighted by Gasteiger charge is 2.14. The molecule has 0 atom stereocenters. The Bertz CT molecular complexity index is 892. The van der Waals surface area contributed by atoms with Crippen molar-refractivity contribution in [3.8, 4) is 0 Å². The molecule has 1 aliphatic rings. The SMILES string of the molecule is CC(C)Nc1nc(NCCOCCOCCNC(=O)c2ccccc2)nc(NCC2CCCCC2)n1. The van der Waals surface area contributed by atoms with E-state index in [0.29, 0.717) is 68.8 Å². The maximum Gasteiger partial charge on any atom is 0.251 e. The van der Waals surface area contributed by atoms with Gasteiger partial charge >= 0.3 is 0 Å². The number of hydrogen-bond donors (Lipinski definition) is 4. The summed E-state index contributed by atoms with van der Waals surface area (Å²) in [6, 6.07) is 9.36. The molecule has 1 aliphatic carbocycles. The standard InChI is InChI=1S/C26H41N7O3/c1-20(2)30-26-32-24(31-25(33-26)29-19-21-9-5-3-6-10-21)28-14-16-36-18-17-35-15-13-27-23(34)22-11-7-4-8-12-22/h4,7-8,11-12,20-21H,3,5-6,9-10,13-19H2,1-2H3,(H,27,34)(H3,28,29,30,31,32,33). The summed E-state index contributed by atoms with van der Waals surface area (Å²) in [4.78, 5) is 25.5. The van der Waals surface area contributed by atoms with Crippen LogP contribution in [0.5, 0.6) is 0 Å². The normalized spacial score (nSPS) is 14.0. The fourth-order valence-corrected chi connectivity index (χ4v) is 3.97. The Balaban J connectivity index is 1.29. The van der Waals surface area contributed by atoms with E-state index >= 15 is 0 Å². The molecule has 0 spiro atoms. The Labute approximate surface area is 214 Å². The number of carbonyl (C=O) groups excluding carboxylic acids is 1. The summed E-state index contributed by atoms with van der Waals surface area (Å²) < 4.78 is 11.1. The molecule has 0 bridgehead atoms. The van der Waals surface area contributed by atoms with Gasteiger partial charge in [-0.05, 0) is 44.7 Å². The van der Waals surface area contributed by atoms with Gasteiger partial charge in [-0.3, -0.25) is 4.79 Å². The van der Waals surface area contributed by atoms with Gasteiger partial charge < -0.3 is 30.7 Å². The molecule has 36 heavy (non-hydrogen) atoms. The quantitative estimate of drug-likeness (QED) is 0.257. The summed E-state index contributed by atoms with van der Waals surface area (Å²) in [5, 5.41) is 12.7. The van der Waals surface area contributed by atoms with Crippen molar-refractivity contribution in [3.05, 3.63) is 35.9 Å². The molecule has 1 fully saturated rings. The predicted octanol–water partition coefficient (Wildman–Crippen LogP) is 3.56. The first-order valence-corrected chi connectivity index (χ1v) is 13.1. The van der Waals surface area contributed by atoms with Crippen LogP contribution in [0.3, 0.4) is 0 Å². The molecule has 2 aromatic rings. The fourth-order valence-electron chi connectivity index (χ4n) is 3.97. The molecule has 0 aliphatic heterocycles. The summed E-state index contributed by atoms with van der Waals surface area (Å²) in [6.07, 6.45) is 6.51. The van der Waals surface area contributed by atoms with E-state index < -0.39 is 0 Å². The van der Waals surface area contributed by atoms with Crippen molar-refractivity contribution in [2.24, 2.45) is 5.92 Å². The Hall–Kier alpha value is -2.98. The Morgan fingerprint density at radius 3 is 2.19 bits per heavy atom. The van der Waals surface area contributed by atoms with E-state index in [1.165, 1.54) is 32.1 Å². The van der Waals surface area contributed by atoms with Crippen LogP contribution in [-0.4, -0.2) is 73.0 Å². The topological polar surface area (TPSA) is 122 Å². The lowest BCUT2D eigenvalue weighted by molar-refractivity contribution is 0.0519. The smallest absolute Gasteiger partial charge is 0.251 e. The molecule has 10 heteroatoms. The number of hydrogen-bond acceptors (Lipinski definition) is 9. The van der Waals surface area contributed by atoms with E-state index in [9.17, 15) is 4.79 Å². The Morgan fingerprint density at radius 2 is 1.50 bits per heavy atom. The molecule has 1 heterocycles. The molecule has 4 N–H and O–H groups in total. The number of carbonyl (C=O) groups is 1. The van der Waals surface area contributed by atoms with Crippen LogP contribution < -0.4 is 21.3 Å². The number of rotatable bonds is 16. The zero-order valence-electron chi connectivity index (χ0n) is 21.6. The molecule has 0 unspecified atom stereocenters. The molecule has 1 amide bonds. The minimum Gasteiger partial charge on any atom is -0.377 e. The van der Waals surface area contributed by atoms with Crippen LogP contribution in [-0.2, 0) is 9.47 Å². The molecular formula is C26H41N7O3. The van der Waals surface area contributed by atoms with Gasteiger partial charge in [0.2, 0.25) is 17.8 Å². The highest BCUT2D eigenvalue weighted by Crippen LogP contribution is 2.23. The van der Waals surface area contributed by atoms with Crippen molar-refractivity contribution in [1.82, 2.24) is 20.3 Å². The van der Waals surface area contributed by atoms with Gasteiger partial charge in [-0.15, -0.1) is 0 Å². The summed E-state index contributed by atoms with van der Waals surface area (Å²) >= 11 is 0. The van der Waals surface area contributed by atoms with Gasteiger partial charge in [-0.2, -0.15) is 15.0 Å². The molecule has 1 saturated carbocycles. The molecule has 1 aromatic carbocycles. The van der Waals surface area contributed by atoms with Crippen LogP contribution in [0.4, 0.5) is 17.8 Å². The average molecular weight is 500 g/mol. The van der Waals surface area contributed by atoms with E-state index in [-0.39, 0.29) is 11.9 Å². The third-order valence-corrected chi connectivity index (χ3v) is 5.80. The largest absolute Gasteiger partial charge is 0.377 e. The molecule has 1 aromatic heterocycles. The predicted molar refractivity (Wildman–Crippen MR) is 143 cm³/mol. The number of nitrogens with one attached hydrogen (secondary N) is 4. The number of benzene rings is 1. The van der Waals surface area contributed by atoms with Crippen molar-refractivity contribution in [2.45, 2.75) is 52.0 Å². The zero-order valence-corrected chi connectivity index (χ0v) is 21.6. The Kier molecular flexibility index (Phi) is 12.2. The summed E-state index contributed by atoms with van der Waals surface area (Å²) in [6.45, 7) is 7.90. The van der Waals surface area contributed by atoms with Gasteiger partial charge in [0.05, 0.1) is 26.4 Å². The Morgan fingerprint density at radius 1 is 0.861 bits per heavy atom. The van der Waals surface area contributed by atoms with Crippen molar-refractivity contribution in [3.63, 3.8) is 0 Å². The second-order valence-electron chi connectivity index (χ2n) is 9.26. The van der Waals surface area contributed by atoms with Crippen LogP contribution in [0.1, 0.15) is 56.3 Å². The van der Waals surface area contributed by atoms with Crippen LogP contribution in [0.25, 0.3) is 0 Å². The van der Waals surface area contributed by atoms with Gasteiger partial charge in [0.25, 0.3) is 5.91 Å². The maximum absolute atomic E-state index is 12.0.